The van der Waals surface area contributed by atoms with E-state index in [0.717, 1.165) is 5.56 Å². The van der Waals surface area contributed by atoms with Crippen molar-refractivity contribution in [3.05, 3.63) is 39.3 Å². The van der Waals surface area contributed by atoms with Crippen molar-refractivity contribution in [2.75, 3.05) is 38.3 Å². The van der Waals surface area contributed by atoms with Gasteiger partial charge in [-0.05, 0) is 22.4 Å². The van der Waals surface area contributed by atoms with Crippen LogP contribution in [-0.2, 0) is 11.3 Å². The maximum absolute atomic E-state index is 12.6. The summed E-state index contributed by atoms with van der Waals surface area (Å²) in [4.78, 5) is 24.9. The molecule has 122 valence electrons. The number of aromatic nitrogens is 2. The number of amides is 1. The Bertz CT molecular complexity index is 674. The number of carbonyl (C=O) groups excluding carboxylic acids is 1. The average molecular weight is 353 g/mol. The predicted molar refractivity (Wildman–Crippen MR) is 90.2 cm³/mol. The van der Waals surface area contributed by atoms with Crippen LogP contribution in [0.2, 0.25) is 5.02 Å². The number of hydrogen-bond donors (Lipinski definition) is 0. The van der Waals surface area contributed by atoms with Crippen LogP contribution in [0.1, 0.15) is 16.1 Å². The molecule has 0 aromatic carbocycles. The summed E-state index contributed by atoms with van der Waals surface area (Å²) in [7, 11) is 1.74. The Balaban J connectivity index is 1.78. The maximum Gasteiger partial charge on any atom is 0.274 e. The Labute approximate surface area is 143 Å². The highest BCUT2D eigenvalue weighted by atomic mass is 35.5. The lowest BCUT2D eigenvalue weighted by molar-refractivity contribution is 0.0779. The van der Waals surface area contributed by atoms with E-state index in [1.165, 1.54) is 6.20 Å². The molecule has 1 aliphatic heterocycles. The number of nitrogens with zero attached hydrogens (tertiary/aromatic N) is 4. The first-order chi connectivity index (χ1) is 11.1. The van der Waals surface area contributed by atoms with E-state index in [2.05, 4.69) is 9.97 Å². The Hall–Kier alpha value is -1.70. The normalized spacial score (nSPS) is 14.8. The second-order valence-electron chi connectivity index (χ2n) is 5.26. The summed E-state index contributed by atoms with van der Waals surface area (Å²) in [6.07, 6.45) is 1.49. The summed E-state index contributed by atoms with van der Waals surface area (Å²) in [5.74, 6) is 0.308. The Kier molecular flexibility index (Phi) is 5.09. The van der Waals surface area contributed by atoms with E-state index in [0.29, 0.717) is 38.8 Å². The van der Waals surface area contributed by atoms with Crippen LogP contribution < -0.4 is 4.90 Å². The van der Waals surface area contributed by atoms with Gasteiger partial charge in [0.1, 0.15) is 0 Å². The summed E-state index contributed by atoms with van der Waals surface area (Å²) in [6.45, 7) is 3.20. The lowest BCUT2D eigenvalue weighted by atomic mass is 10.3. The minimum absolute atomic E-state index is 0.210. The molecular weight excluding hydrogens is 336 g/mol. The van der Waals surface area contributed by atoms with Gasteiger partial charge in [0.2, 0.25) is 5.95 Å². The zero-order valence-corrected chi connectivity index (χ0v) is 14.3. The third kappa shape index (κ3) is 3.80. The predicted octanol–water partition coefficient (Wildman–Crippen LogP) is 2.30. The van der Waals surface area contributed by atoms with E-state index in [9.17, 15) is 4.79 Å². The molecule has 23 heavy (non-hydrogen) atoms. The average Bonchev–Trinajstić information content (AvgIpc) is 3.08. The molecule has 3 rings (SSSR count). The van der Waals surface area contributed by atoms with Crippen LogP contribution in [0.5, 0.6) is 0 Å². The SMILES string of the molecule is CN(Cc1ccsc1)C(=O)c1nc(N2CCOCC2)ncc1Cl. The second-order valence-corrected chi connectivity index (χ2v) is 6.45. The van der Waals surface area contributed by atoms with Crippen molar-refractivity contribution in [1.29, 1.82) is 0 Å². The molecule has 2 aromatic rings. The van der Waals surface area contributed by atoms with Gasteiger partial charge in [-0.15, -0.1) is 0 Å². The zero-order valence-electron chi connectivity index (χ0n) is 12.7. The molecule has 0 radical (unpaired) electrons. The summed E-state index contributed by atoms with van der Waals surface area (Å²) >= 11 is 7.75. The van der Waals surface area contributed by atoms with Gasteiger partial charge in [-0.3, -0.25) is 4.79 Å². The van der Waals surface area contributed by atoms with Crippen LogP contribution in [-0.4, -0.2) is 54.1 Å². The van der Waals surface area contributed by atoms with Gasteiger partial charge in [0.15, 0.2) is 5.69 Å². The van der Waals surface area contributed by atoms with Crippen molar-refractivity contribution in [3.8, 4) is 0 Å². The summed E-state index contributed by atoms with van der Waals surface area (Å²) in [6, 6.07) is 2.00. The lowest BCUT2D eigenvalue weighted by Gasteiger charge is -2.27. The van der Waals surface area contributed by atoms with Crippen molar-refractivity contribution in [1.82, 2.24) is 14.9 Å². The third-order valence-electron chi connectivity index (χ3n) is 3.57. The zero-order chi connectivity index (χ0) is 16.2. The van der Waals surface area contributed by atoms with Crippen LogP contribution >= 0.6 is 22.9 Å². The largest absolute Gasteiger partial charge is 0.378 e. The maximum atomic E-state index is 12.6. The molecule has 0 unspecified atom stereocenters. The standard InChI is InChI=1S/C15H17ClN4O2S/c1-19(9-11-2-7-23-10-11)14(21)13-12(16)8-17-15(18-13)20-3-5-22-6-4-20/h2,7-8,10H,3-6,9H2,1H3. The second kappa shape index (κ2) is 7.25. The molecule has 0 N–H and O–H groups in total. The first-order valence-electron chi connectivity index (χ1n) is 7.27. The number of ether oxygens (including phenoxy) is 1. The van der Waals surface area contributed by atoms with Gasteiger partial charge >= 0.3 is 0 Å². The monoisotopic (exact) mass is 352 g/mol. The van der Waals surface area contributed by atoms with Gasteiger partial charge in [-0.25, -0.2) is 9.97 Å². The van der Waals surface area contributed by atoms with E-state index < -0.39 is 0 Å². The van der Waals surface area contributed by atoms with Gasteiger partial charge in [0, 0.05) is 26.7 Å². The van der Waals surface area contributed by atoms with Gasteiger partial charge in [0.25, 0.3) is 5.91 Å². The highest BCUT2D eigenvalue weighted by molar-refractivity contribution is 7.07. The van der Waals surface area contributed by atoms with Crippen molar-refractivity contribution in [2.45, 2.75) is 6.54 Å². The fourth-order valence-corrected chi connectivity index (χ4v) is 3.16. The minimum Gasteiger partial charge on any atom is -0.378 e. The van der Waals surface area contributed by atoms with Crippen LogP contribution in [0.4, 0.5) is 5.95 Å². The van der Waals surface area contributed by atoms with Crippen molar-refractivity contribution < 1.29 is 9.53 Å². The lowest BCUT2D eigenvalue weighted by Crippen LogP contribution is -2.38. The number of anilines is 1. The van der Waals surface area contributed by atoms with E-state index in [-0.39, 0.29) is 16.6 Å². The molecule has 0 aliphatic carbocycles. The quantitative estimate of drug-likeness (QED) is 0.845. The molecular formula is C15H17ClN4O2S. The molecule has 0 saturated carbocycles. The number of rotatable bonds is 4. The van der Waals surface area contributed by atoms with E-state index in [1.807, 2.05) is 21.7 Å². The highest BCUT2D eigenvalue weighted by Gasteiger charge is 2.21. The Morgan fingerprint density at radius 1 is 1.48 bits per heavy atom. The van der Waals surface area contributed by atoms with Gasteiger partial charge in [0.05, 0.1) is 24.4 Å². The van der Waals surface area contributed by atoms with E-state index >= 15 is 0 Å². The van der Waals surface area contributed by atoms with Gasteiger partial charge < -0.3 is 14.5 Å². The van der Waals surface area contributed by atoms with Crippen LogP contribution in [0.3, 0.4) is 0 Å². The number of hydrogen-bond acceptors (Lipinski definition) is 6. The molecule has 1 amide bonds. The number of morpholine rings is 1. The molecule has 1 fully saturated rings. The highest BCUT2D eigenvalue weighted by Crippen LogP contribution is 2.19. The smallest absolute Gasteiger partial charge is 0.274 e. The Morgan fingerprint density at radius 3 is 2.96 bits per heavy atom. The van der Waals surface area contributed by atoms with Crippen LogP contribution in [0.15, 0.2) is 23.0 Å². The molecule has 2 aromatic heterocycles. The van der Waals surface area contributed by atoms with Crippen molar-refractivity contribution in [2.24, 2.45) is 0 Å². The molecule has 1 aliphatic rings. The summed E-state index contributed by atoms with van der Waals surface area (Å²) < 4.78 is 5.32. The first kappa shape index (κ1) is 16.2. The van der Waals surface area contributed by atoms with Crippen molar-refractivity contribution in [3.63, 3.8) is 0 Å². The number of carbonyl (C=O) groups is 1. The molecule has 8 heteroatoms. The van der Waals surface area contributed by atoms with Crippen LogP contribution in [0.25, 0.3) is 0 Å². The topological polar surface area (TPSA) is 58.6 Å². The summed E-state index contributed by atoms with van der Waals surface area (Å²) in [5, 5.41) is 4.27. The molecule has 0 spiro atoms. The fraction of sp³-hybridized carbons (Fsp3) is 0.400. The van der Waals surface area contributed by atoms with E-state index in [1.54, 1.807) is 23.3 Å². The molecule has 0 bridgehead atoms. The van der Waals surface area contributed by atoms with Gasteiger partial charge in [-0.2, -0.15) is 11.3 Å². The van der Waals surface area contributed by atoms with Gasteiger partial charge in [-0.1, -0.05) is 11.6 Å². The number of thiophene rings is 1. The number of halogens is 1. The minimum atomic E-state index is -0.210. The van der Waals surface area contributed by atoms with Crippen molar-refractivity contribution >= 4 is 34.8 Å². The Morgan fingerprint density at radius 2 is 2.26 bits per heavy atom. The molecule has 6 nitrogen and oxygen atoms in total. The third-order valence-corrected chi connectivity index (χ3v) is 4.58. The molecule has 1 saturated heterocycles. The first-order valence-corrected chi connectivity index (χ1v) is 8.59. The molecule has 0 atom stereocenters. The summed E-state index contributed by atoms with van der Waals surface area (Å²) in [5.41, 5.74) is 1.32. The molecule has 3 heterocycles. The van der Waals surface area contributed by atoms with E-state index in [4.69, 9.17) is 16.3 Å². The fourth-order valence-electron chi connectivity index (χ4n) is 2.33. The van der Waals surface area contributed by atoms with Crippen LogP contribution in [0, 0.1) is 0 Å².